The van der Waals surface area contributed by atoms with E-state index in [-0.39, 0.29) is 0 Å². The van der Waals surface area contributed by atoms with Gasteiger partial charge in [-0.25, -0.2) is 0 Å². The monoisotopic (exact) mass is 230 g/mol. The molecule has 1 N–H and O–H groups in total. The number of anilines is 1. The van der Waals surface area contributed by atoms with Crippen LogP contribution in [-0.4, -0.2) is 36.9 Å². The molecule has 15 heavy (non-hydrogen) atoms. The molecule has 1 aromatic heterocycles. The first-order valence-corrected chi connectivity index (χ1v) is 5.58. The predicted octanol–water partition coefficient (Wildman–Crippen LogP) is 1.53. The van der Waals surface area contributed by atoms with E-state index >= 15 is 0 Å². The van der Waals surface area contributed by atoms with Crippen LogP contribution in [0, 0.1) is 0 Å². The maximum absolute atomic E-state index is 9.75. The Morgan fingerprint density at radius 3 is 2.47 bits per heavy atom. The molecule has 0 aromatic carbocycles. The summed E-state index contributed by atoms with van der Waals surface area (Å²) in [5.74, 6) is 0.617. The second-order valence-electron chi connectivity index (χ2n) is 4.31. The zero-order chi connectivity index (χ0) is 11.6. The van der Waals surface area contributed by atoms with E-state index in [1.807, 2.05) is 19.0 Å². The normalized spacial score (nSPS) is 11.6. The quantitative estimate of drug-likeness (QED) is 0.852. The number of ether oxygens (including phenoxy) is 1. The third-order valence-corrected chi connectivity index (χ3v) is 3.02. The summed E-state index contributed by atoms with van der Waals surface area (Å²) in [6, 6.07) is 0. The zero-order valence-electron chi connectivity index (χ0n) is 9.87. The van der Waals surface area contributed by atoms with Crippen LogP contribution in [-0.2, 0) is 6.42 Å². The van der Waals surface area contributed by atoms with Crippen molar-refractivity contribution in [2.24, 2.45) is 0 Å². The maximum Gasteiger partial charge on any atom is 0.229 e. The van der Waals surface area contributed by atoms with Crippen LogP contribution in [0.2, 0.25) is 0 Å². The molecule has 0 spiro atoms. The molecule has 0 unspecified atom stereocenters. The van der Waals surface area contributed by atoms with Gasteiger partial charge in [0.05, 0.1) is 17.6 Å². The van der Waals surface area contributed by atoms with E-state index in [9.17, 15) is 5.11 Å². The Balaban J connectivity index is 2.96. The van der Waals surface area contributed by atoms with Crippen LogP contribution in [0.3, 0.4) is 0 Å². The van der Waals surface area contributed by atoms with Crippen LogP contribution in [0.4, 0.5) is 5.13 Å². The lowest BCUT2D eigenvalue weighted by atomic mass is 10.1. The fourth-order valence-corrected chi connectivity index (χ4v) is 2.35. The Bertz CT molecular complexity index is 329. The number of aromatic nitrogens is 1. The molecule has 0 fully saturated rings. The van der Waals surface area contributed by atoms with E-state index < -0.39 is 5.60 Å². The van der Waals surface area contributed by atoms with Gasteiger partial charge in [-0.2, -0.15) is 4.98 Å². The van der Waals surface area contributed by atoms with Crippen LogP contribution in [0.1, 0.15) is 18.7 Å². The summed E-state index contributed by atoms with van der Waals surface area (Å²) in [6.45, 7) is 3.56. The fraction of sp³-hybridized carbons (Fsp3) is 0.700. The summed E-state index contributed by atoms with van der Waals surface area (Å²) in [5.41, 5.74) is -0.733. The third-order valence-electron chi connectivity index (χ3n) is 1.82. The van der Waals surface area contributed by atoms with Crippen molar-refractivity contribution in [1.29, 1.82) is 0 Å². The average molecular weight is 230 g/mol. The zero-order valence-corrected chi connectivity index (χ0v) is 10.7. The molecule has 0 bridgehead atoms. The molecule has 0 saturated carbocycles. The SMILES string of the molecule is COc1nc(N(C)C)sc1CC(C)(C)O. The highest BCUT2D eigenvalue weighted by Crippen LogP contribution is 2.32. The van der Waals surface area contributed by atoms with E-state index in [2.05, 4.69) is 4.98 Å². The van der Waals surface area contributed by atoms with Gasteiger partial charge in [-0.05, 0) is 13.8 Å². The second kappa shape index (κ2) is 4.37. The van der Waals surface area contributed by atoms with Gasteiger partial charge in [0.15, 0.2) is 5.13 Å². The summed E-state index contributed by atoms with van der Waals surface area (Å²) < 4.78 is 5.18. The fourth-order valence-electron chi connectivity index (χ4n) is 1.18. The topological polar surface area (TPSA) is 45.6 Å². The smallest absolute Gasteiger partial charge is 0.229 e. The van der Waals surface area contributed by atoms with E-state index in [4.69, 9.17) is 4.74 Å². The Labute approximate surface area is 94.5 Å². The highest BCUT2D eigenvalue weighted by Gasteiger charge is 2.20. The van der Waals surface area contributed by atoms with Gasteiger partial charge < -0.3 is 14.7 Å². The molecule has 0 radical (unpaired) electrons. The number of thiazole rings is 1. The summed E-state index contributed by atoms with van der Waals surface area (Å²) in [4.78, 5) is 7.24. The number of nitrogens with zero attached hydrogens (tertiary/aromatic N) is 2. The molecule has 1 aromatic rings. The molecule has 0 aliphatic rings. The Morgan fingerprint density at radius 1 is 1.47 bits per heavy atom. The van der Waals surface area contributed by atoms with Crippen molar-refractivity contribution in [1.82, 2.24) is 4.98 Å². The number of methoxy groups -OCH3 is 1. The lowest BCUT2D eigenvalue weighted by Gasteiger charge is -2.15. The number of aliphatic hydroxyl groups is 1. The molecule has 0 atom stereocenters. The molecular formula is C10H18N2O2S. The Kier molecular flexibility index (Phi) is 3.57. The lowest BCUT2D eigenvalue weighted by Crippen LogP contribution is -2.21. The van der Waals surface area contributed by atoms with Gasteiger partial charge in [-0.15, -0.1) is 0 Å². The number of hydrogen-bond acceptors (Lipinski definition) is 5. The van der Waals surface area contributed by atoms with Gasteiger partial charge in [0, 0.05) is 20.5 Å². The minimum absolute atomic E-state index is 0.557. The van der Waals surface area contributed by atoms with Crippen LogP contribution in [0.5, 0.6) is 5.88 Å². The standard InChI is InChI=1S/C10H18N2O2S/c1-10(2,13)6-7-8(14-5)11-9(15-7)12(3)4/h13H,6H2,1-5H3. The molecule has 1 heterocycles. The molecule has 0 saturated heterocycles. The summed E-state index contributed by atoms with van der Waals surface area (Å²) in [7, 11) is 5.47. The lowest BCUT2D eigenvalue weighted by molar-refractivity contribution is 0.0811. The highest BCUT2D eigenvalue weighted by molar-refractivity contribution is 7.15. The first kappa shape index (κ1) is 12.3. The maximum atomic E-state index is 9.75. The molecule has 86 valence electrons. The van der Waals surface area contributed by atoms with Crippen molar-refractivity contribution in [3.63, 3.8) is 0 Å². The largest absolute Gasteiger partial charge is 0.480 e. The van der Waals surface area contributed by atoms with Crippen LogP contribution >= 0.6 is 11.3 Å². The van der Waals surface area contributed by atoms with Crippen molar-refractivity contribution in [3.8, 4) is 5.88 Å². The first-order chi connectivity index (χ1) is 6.83. The van der Waals surface area contributed by atoms with Crippen molar-refractivity contribution < 1.29 is 9.84 Å². The molecule has 1 rings (SSSR count). The highest BCUT2D eigenvalue weighted by atomic mass is 32.1. The first-order valence-electron chi connectivity index (χ1n) is 4.77. The Hall–Kier alpha value is -0.810. The molecule has 0 aliphatic carbocycles. The van der Waals surface area contributed by atoms with Crippen LogP contribution in [0.15, 0.2) is 0 Å². The van der Waals surface area contributed by atoms with Crippen molar-refractivity contribution >= 4 is 16.5 Å². The van der Waals surface area contributed by atoms with Gasteiger partial charge >= 0.3 is 0 Å². The minimum Gasteiger partial charge on any atom is -0.480 e. The van der Waals surface area contributed by atoms with Crippen molar-refractivity contribution in [3.05, 3.63) is 4.88 Å². The molecule has 0 aliphatic heterocycles. The molecule has 4 nitrogen and oxygen atoms in total. The van der Waals surface area contributed by atoms with Gasteiger partial charge in [-0.1, -0.05) is 11.3 Å². The number of rotatable bonds is 4. The average Bonchev–Trinajstić information content (AvgIpc) is 2.44. The van der Waals surface area contributed by atoms with E-state index in [0.29, 0.717) is 12.3 Å². The summed E-state index contributed by atoms with van der Waals surface area (Å²) in [6.07, 6.45) is 0.557. The van der Waals surface area contributed by atoms with Gasteiger partial charge in [0.2, 0.25) is 5.88 Å². The van der Waals surface area contributed by atoms with E-state index in [0.717, 1.165) is 10.0 Å². The van der Waals surface area contributed by atoms with Crippen LogP contribution in [0.25, 0.3) is 0 Å². The third kappa shape index (κ3) is 3.35. The van der Waals surface area contributed by atoms with E-state index in [1.54, 1.807) is 32.3 Å². The predicted molar refractivity (Wildman–Crippen MR) is 63.0 cm³/mol. The molecular weight excluding hydrogens is 212 g/mol. The van der Waals surface area contributed by atoms with Crippen molar-refractivity contribution in [2.75, 3.05) is 26.1 Å². The molecule has 5 heteroatoms. The van der Waals surface area contributed by atoms with E-state index in [1.165, 1.54) is 0 Å². The summed E-state index contributed by atoms with van der Waals surface area (Å²) >= 11 is 1.55. The van der Waals surface area contributed by atoms with Gasteiger partial charge in [0.25, 0.3) is 0 Å². The minimum atomic E-state index is -0.733. The Morgan fingerprint density at radius 2 is 2.07 bits per heavy atom. The molecule has 0 amide bonds. The van der Waals surface area contributed by atoms with Gasteiger partial charge in [-0.3, -0.25) is 0 Å². The van der Waals surface area contributed by atoms with Crippen molar-refractivity contribution in [2.45, 2.75) is 25.9 Å². The second-order valence-corrected chi connectivity index (χ2v) is 5.37. The van der Waals surface area contributed by atoms with Gasteiger partial charge in [0.1, 0.15) is 0 Å². The van der Waals surface area contributed by atoms with Crippen LogP contribution < -0.4 is 9.64 Å². The number of hydrogen-bond donors (Lipinski definition) is 1. The summed E-state index contributed by atoms with van der Waals surface area (Å²) in [5, 5.41) is 10.6.